The molecule has 2 N–H and O–H groups in total. The normalized spacial score (nSPS) is 16.1. The summed E-state index contributed by atoms with van der Waals surface area (Å²) < 4.78 is 25.3. The number of aromatic carboxylic acids is 1. The van der Waals surface area contributed by atoms with Crippen molar-refractivity contribution in [1.82, 2.24) is 5.32 Å². The van der Waals surface area contributed by atoms with Gasteiger partial charge in [0, 0.05) is 19.6 Å². The second-order valence-corrected chi connectivity index (χ2v) is 8.03. The number of nitrogens with zero attached hydrogens (tertiary/aromatic N) is 1. The number of carboxylic acids is 1. The number of carboxylic acid groups (broad SMARTS) is 1. The maximum Gasteiger partial charge on any atom is 0.335 e. The minimum atomic E-state index is -3.15. The van der Waals surface area contributed by atoms with Gasteiger partial charge in [-0.05, 0) is 41.8 Å². The molecule has 7 heteroatoms. The van der Waals surface area contributed by atoms with Crippen LogP contribution in [-0.4, -0.2) is 31.8 Å². The molecule has 0 atom stereocenters. The number of hydrogen-bond acceptors (Lipinski definition) is 4. The topological polar surface area (TPSA) is 86.7 Å². The van der Waals surface area contributed by atoms with E-state index in [0.717, 1.165) is 11.1 Å². The molecule has 0 radical (unpaired) electrons. The van der Waals surface area contributed by atoms with Gasteiger partial charge in [-0.25, -0.2) is 13.2 Å². The molecule has 3 rings (SSSR count). The predicted molar refractivity (Wildman–Crippen MR) is 96.1 cm³/mol. The average molecular weight is 360 g/mol. The summed E-state index contributed by atoms with van der Waals surface area (Å²) in [5, 5.41) is 12.3. The van der Waals surface area contributed by atoms with E-state index in [1.807, 2.05) is 30.3 Å². The van der Waals surface area contributed by atoms with Crippen LogP contribution < -0.4 is 9.62 Å². The number of sulfonamides is 1. The molecule has 1 saturated heterocycles. The van der Waals surface area contributed by atoms with Gasteiger partial charge in [-0.1, -0.05) is 24.3 Å². The lowest BCUT2D eigenvalue weighted by Gasteiger charge is -2.17. The summed E-state index contributed by atoms with van der Waals surface area (Å²) >= 11 is 0. The quantitative estimate of drug-likeness (QED) is 0.825. The fraction of sp³-hybridized carbons (Fsp3) is 0.278. The Balaban J connectivity index is 1.57. The van der Waals surface area contributed by atoms with Gasteiger partial charge in [0.15, 0.2) is 0 Å². The molecular weight excluding hydrogens is 340 g/mol. The van der Waals surface area contributed by atoms with Crippen molar-refractivity contribution in [3.05, 3.63) is 65.2 Å². The minimum Gasteiger partial charge on any atom is -0.478 e. The Morgan fingerprint density at radius 2 is 1.80 bits per heavy atom. The van der Waals surface area contributed by atoms with Crippen molar-refractivity contribution >= 4 is 21.7 Å². The van der Waals surface area contributed by atoms with Crippen LogP contribution in [0, 0.1) is 0 Å². The number of carbonyl (C=O) groups is 1. The Morgan fingerprint density at radius 3 is 2.44 bits per heavy atom. The summed E-state index contributed by atoms with van der Waals surface area (Å²) in [5.41, 5.74) is 2.92. The highest BCUT2D eigenvalue weighted by Gasteiger charge is 2.28. The fourth-order valence-electron chi connectivity index (χ4n) is 2.88. The summed E-state index contributed by atoms with van der Waals surface area (Å²) in [4.78, 5) is 11.0. The number of hydrogen-bond donors (Lipinski definition) is 2. The third-order valence-electron chi connectivity index (χ3n) is 4.16. The Labute approximate surface area is 147 Å². The highest BCUT2D eigenvalue weighted by atomic mass is 32.2. The van der Waals surface area contributed by atoms with Crippen LogP contribution in [0.15, 0.2) is 48.5 Å². The number of nitrogens with one attached hydrogen (secondary N) is 1. The zero-order valence-corrected chi connectivity index (χ0v) is 14.5. The SMILES string of the molecule is O=C(O)c1cccc(CNCc2ccc(N3CCCS3(=O)=O)cc2)c1. The van der Waals surface area contributed by atoms with Crippen LogP contribution in [0.2, 0.25) is 0 Å². The Bertz CT molecular complexity index is 863. The van der Waals surface area contributed by atoms with Crippen LogP contribution in [0.4, 0.5) is 5.69 Å². The third kappa shape index (κ3) is 4.18. The van der Waals surface area contributed by atoms with Crippen molar-refractivity contribution in [2.75, 3.05) is 16.6 Å². The van der Waals surface area contributed by atoms with Crippen LogP contribution in [-0.2, 0) is 23.1 Å². The second kappa shape index (κ2) is 7.25. The molecule has 1 aliphatic rings. The first-order valence-corrected chi connectivity index (χ1v) is 9.69. The lowest BCUT2D eigenvalue weighted by Crippen LogP contribution is -2.25. The van der Waals surface area contributed by atoms with Gasteiger partial charge < -0.3 is 10.4 Å². The maximum absolute atomic E-state index is 11.9. The third-order valence-corrected chi connectivity index (χ3v) is 6.03. The van der Waals surface area contributed by atoms with Gasteiger partial charge in [0.2, 0.25) is 10.0 Å². The van der Waals surface area contributed by atoms with Gasteiger partial charge in [-0.15, -0.1) is 0 Å². The summed E-state index contributed by atoms with van der Waals surface area (Å²) in [5.74, 6) is -0.722. The average Bonchev–Trinajstić information content (AvgIpc) is 2.95. The van der Waals surface area contributed by atoms with Crippen LogP contribution in [0.25, 0.3) is 0 Å². The highest BCUT2D eigenvalue weighted by Crippen LogP contribution is 2.24. The largest absolute Gasteiger partial charge is 0.478 e. The number of rotatable bonds is 6. The van der Waals surface area contributed by atoms with Gasteiger partial charge in [-0.3, -0.25) is 4.31 Å². The number of benzene rings is 2. The molecule has 132 valence electrons. The molecule has 6 nitrogen and oxygen atoms in total. The lowest BCUT2D eigenvalue weighted by atomic mass is 10.1. The fourth-order valence-corrected chi connectivity index (χ4v) is 4.44. The van der Waals surface area contributed by atoms with Crippen LogP contribution in [0.5, 0.6) is 0 Å². The highest BCUT2D eigenvalue weighted by molar-refractivity contribution is 7.93. The number of anilines is 1. The molecule has 25 heavy (non-hydrogen) atoms. The van der Waals surface area contributed by atoms with Gasteiger partial charge in [0.25, 0.3) is 0 Å². The van der Waals surface area contributed by atoms with E-state index in [1.54, 1.807) is 18.2 Å². The summed E-state index contributed by atoms with van der Waals surface area (Å²) in [6.45, 7) is 1.72. The van der Waals surface area contributed by atoms with Crippen molar-refractivity contribution in [2.45, 2.75) is 19.5 Å². The van der Waals surface area contributed by atoms with Gasteiger partial charge in [-0.2, -0.15) is 0 Å². The second-order valence-electron chi connectivity index (χ2n) is 6.02. The van der Waals surface area contributed by atoms with E-state index in [9.17, 15) is 13.2 Å². The Hall–Kier alpha value is -2.38. The lowest BCUT2D eigenvalue weighted by molar-refractivity contribution is 0.0696. The monoisotopic (exact) mass is 360 g/mol. The molecule has 0 amide bonds. The van der Waals surface area contributed by atoms with E-state index >= 15 is 0 Å². The zero-order valence-electron chi connectivity index (χ0n) is 13.7. The molecule has 1 aliphatic heterocycles. The van der Waals surface area contributed by atoms with Crippen molar-refractivity contribution in [1.29, 1.82) is 0 Å². The molecule has 1 fully saturated rings. The standard InChI is InChI=1S/C18H20N2O4S/c21-18(22)16-4-1-3-15(11-16)13-19-12-14-5-7-17(8-6-14)20-9-2-10-25(20,23)24/h1,3-8,11,19H,2,9-10,12-13H2,(H,21,22). The summed E-state index contributed by atoms with van der Waals surface area (Å²) in [7, 11) is -3.15. The zero-order chi connectivity index (χ0) is 17.9. The molecule has 0 aliphatic carbocycles. The van der Waals surface area contributed by atoms with Gasteiger partial charge in [0.1, 0.15) is 0 Å². The molecule has 0 spiro atoms. The van der Waals surface area contributed by atoms with Crippen molar-refractivity contribution in [3.63, 3.8) is 0 Å². The van der Waals surface area contributed by atoms with E-state index in [1.165, 1.54) is 4.31 Å². The first kappa shape index (κ1) is 17.4. The van der Waals surface area contributed by atoms with E-state index < -0.39 is 16.0 Å². The molecule has 0 bridgehead atoms. The summed E-state index contributed by atoms with van der Waals surface area (Å²) in [6.07, 6.45) is 0.668. The molecule has 0 aromatic heterocycles. The van der Waals surface area contributed by atoms with E-state index in [0.29, 0.717) is 31.7 Å². The Kier molecular flexibility index (Phi) is 5.06. The van der Waals surface area contributed by atoms with Crippen molar-refractivity contribution in [3.8, 4) is 0 Å². The first-order valence-electron chi connectivity index (χ1n) is 8.08. The van der Waals surface area contributed by atoms with Crippen LogP contribution in [0.1, 0.15) is 27.9 Å². The Morgan fingerprint density at radius 1 is 1.08 bits per heavy atom. The van der Waals surface area contributed by atoms with Crippen LogP contribution >= 0.6 is 0 Å². The molecular formula is C18H20N2O4S. The van der Waals surface area contributed by atoms with Crippen molar-refractivity contribution in [2.24, 2.45) is 0 Å². The van der Waals surface area contributed by atoms with Crippen molar-refractivity contribution < 1.29 is 18.3 Å². The smallest absolute Gasteiger partial charge is 0.335 e. The van der Waals surface area contributed by atoms with E-state index in [4.69, 9.17) is 5.11 Å². The molecule has 1 heterocycles. The first-order chi connectivity index (χ1) is 12.0. The summed E-state index contributed by atoms with van der Waals surface area (Å²) in [6, 6.07) is 14.3. The molecule has 0 unspecified atom stereocenters. The van der Waals surface area contributed by atoms with E-state index in [2.05, 4.69) is 5.32 Å². The maximum atomic E-state index is 11.9. The van der Waals surface area contributed by atoms with E-state index in [-0.39, 0.29) is 11.3 Å². The van der Waals surface area contributed by atoms with Crippen LogP contribution in [0.3, 0.4) is 0 Å². The molecule has 2 aromatic rings. The van der Waals surface area contributed by atoms with Gasteiger partial charge in [0.05, 0.1) is 17.0 Å². The van der Waals surface area contributed by atoms with Gasteiger partial charge >= 0.3 is 5.97 Å². The predicted octanol–water partition coefficient (Wildman–Crippen LogP) is 2.21. The minimum absolute atomic E-state index is 0.214. The molecule has 0 saturated carbocycles. The molecule has 2 aromatic carbocycles.